The van der Waals surface area contributed by atoms with Gasteiger partial charge >= 0.3 is 0 Å². The third-order valence-electron chi connectivity index (χ3n) is 3.62. The molecule has 1 fully saturated rings. The highest BCUT2D eigenvalue weighted by Gasteiger charge is 2.16. The highest BCUT2D eigenvalue weighted by Crippen LogP contribution is 2.30. The number of hydrogen-bond donors (Lipinski definition) is 1. The molecule has 1 aromatic carbocycles. The smallest absolute Gasteiger partial charge is 0.250 e. The maximum absolute atomic E-state index is 13.6. The third kappa shape index (κ3) is 3.77. The molecule has 3 rings (SSSR count). The Morgan fingerprint density at radius 2 is 2.39 bits per heavy atom. The summed E-state index contributed by atoms with van der Waals surface area (Å²) >= 11 is 6.21. The van der Waals surface area contributed by atoms with E-state index in [0.717, 1.165) is 19.4 Å². The molecule has 1 unspecified atom stereocenters. The number of rotatable bonds is 5. The number of nitrogens with zero attached hydrogens (tertiary/aromatic N) is 1. The average Bonchev–Trinajstić information content (AvgIpc) is 3.04. The van der Waals surface area contributed by atoms with Gasteiger partial charge in [-0.25, -0.2) is 4.39 Å². The van der Waals surface area contributed by atoms with E-state index in [9.17, 15) is 9.18 Å². The van der Waals surface area contributed by atoms with Gasteiger partial charge in [0.15, 0.2) is 0 Å². The van der Waals surface area contributed by atoms with Crippen LogP contribution in [-0.2, 0) is 14.3 Å². The van der Waals surface area contributed by atoms with E-state index in [4.69, 9.17) is 21.1 Å². The first-order valence-corrected chi connectivity index (χ1v) is 7.75. The second-order valence-corrected chi connectivity index (χ2v) is 5.70. The van der Waals surface area contributed by atoms with Gasteiger partial charge in [0.2, 0.25) is 5.91 Å². The lowest BCUT2D eigenvalue weighted by Crippen LogP contribution is -2.22. The van der Waals surface area contributed by atoms with Crippen molar-refractivity contribution < 1.29 is 18.7 Å². The number of carbonyl (C=O) groups excluding carboxylic acids is 1. The Balaban J connectivity index is 1.61. The maximum atomic E-state index is 13.6. The topological polar surface area (TPSA) is 60.5 Å². The Hall–Kier alpha value is -1.76. The van der Waals surface area contributed by atoms with Crippen LogP contribution in [0, 0.1) is 5.82 Å². The second-order valence-electron chi connectivity index (χ2n) is 5.32. The molecule has 1 aliphatic rings. The van der Waals surface area contributed by atoms with E-state index in [1.165, 1.54) is 12.3 Å². The molecule has 1 amide bonds. The molecule has 1 saturated heterocycles. The molecule has 0 aliphatic carbocycles. The zero-order chi connectivity index (χ0) is 16.2. The van der Waals surface area contributed by atoms with Crippen molar-refractivity contribution in [1.29, 1.82) is 0 Å². The highest BCUT2D eigenvalue weighted by molar-refractivity contribution is 6.38. The van der Waals surface area contributed by atoms with Crippen LogP contribution in [0.1, 0.15) is 12.8 Å². The zero-order valence-corrected chi connectivity index (χ0v) is 13.1. The molecule has 0 spiro atoms. The predicted octanol–water partition coefficient (Wildman–Crippen LogP) is 3.16. The average molecular weight is 339 g/mol. The van der Waals surface area contributed by atoms with Crippen LogP contribution in [0.15, 0.2) is 24.4 Å². The summed E-state index contributed by atoms with van der Waals surface area (Å²) in [5.74, 6) is -0.801. The fourth-order valence-corrected chi connectivity index (χ4v) is 2.74. The maximum Gasteiger partial charge on any atom is 0.250 e. The van der Waals surface area contributed by atoms with Gasteiger partial charge < -0.3 is 14.8 Å². The number of amides is 1. The standard InChI is InChI=1S/C16H16ClFN2O3/c17-15-11-4-1-5-12(18)16(11)19-7-13(15)20-14(21)9-22-8-10-3-2-6-23-10/h1,4-5,7,10H,2-3,6,8-9H2,(H,20,21). The van der Waals surface area contributed by atoms with Crippen molar-refractivity contribution in [2.24, 2.45) is 0 Å². The molecule has 2 aromatic rings. The van der Waals surface area contributed by atoms with Gasteiger partial charge in [-0.15, -0.1) is 0 Å². The number of nitrogens with one attached hydrogen (secondary N) is 1. The van der Waals surface area contributed by atoms with Gasteiger partial charge in [0.05, 0.1) is 29.6 Å². The molecular formula is C16H16ClFN2O3. The number of para-hydroxylation sites is 1. The molecule has 2 heterocycles. The summed E-state index contributed by atoms with van der Waals surface area (Å²) in [7, 11) is 0. The van der Waals surface area contributed by atoms with E-state index in [2.05, 4.69) is 10.3 Å². The van der Waals surface area contributed by atoms with Crippen LogP contribution in [0.25, 0.3) is 10.9 Å². The molecule has 0 saturated carbocycles. The van der Waals surface area contributed by atoms with Crippen LogP contribution in [0.5, 0.6) is 0 Å². The Morgan fingerprint density at radius 3 is 3.17 bits per heavy atom. The first kappa shape index (κ1) is 16.1. The van der Waals surface area contributed by atoms with Crippen molar-refractivity contribution in [3.63, 3.8) is 0 Å². The number of hydrogen-bond acceptors (Lipinski definition) is 4. The van der Waals surface area contributed by atoms with Gasteiger partial charge in [-0.1, -0.05) is 23.7 Å². The summed E-state index contributed by atoms with van der Waals surface area (Å²) in [5.41, 5.74) is 0.501. The molecule has 5 nitrogen and oxygen atoms in total. The zero-order valence-electron chi connectivity index (χ0n) is 12.4. The molecule has 1 aliphatic heterocycles. The molecule has 0 radical (unpaired) electrons. The predicted molar refractivity (Wildman–Crippen MR) is 85.1 cm³/mol. The molecule has 122 valence electrons. The van der Waals surface area contributed by atoms with Crippen LogP contribution >= 0.6 is 11.6 Å². The van der Waals surface area contributed by atoms with E-state index in [1.807, 2.05) is 0 Å². The second kappa shape index (κ2) is 7.21. The number of carbonyl (C=O) groups is 1. The minimum Gasteiger partial charge on any atom is -0.376 e. The van der Waals surface area contributed by atoms with Crippen molar-refractivity contribution in [2.45, 2.75) is 18.9 Å². The van der Waals surface area contributed by atoms with E-state index in [-0.39, 0.29) is 29.2 Å². The normalized spacial score (nSPS) is 17.6. The van der Waals surface area contributed by atoms with Crippen LogP contribution in [0.4, 0.5) is 10.1 Å². The minimum absolute atomic E-state index is 0.0664. The Bertz CT molecular complexity index is 720. The summed E-state index contributed by atoms with van der Waals surface area (Å²) in [4.78, 5) is 15.9. The molecule has 1 atom stereocenters. The number of halogens is 2. The summed E-state index contributed by atoms with van der Waals surface area (Å²) < 4.78 is 24.4. The molecule has 23 heavy (non-hydrogen) atoms. The van der Waals surface area contributed by atoms with Gasteiger partial charge in [-0.3, -0.25) is 9.78 Å². The van der Waals surface area contributed by atoms with Crippen molar-refractivity contribution in [3.8, 4) is 0 Å². The monoisotopic (exact) mass is 338 g/mol. The molecule has 7 heteroatoms. The number of fused-ring (bicyclic) bond motifs is 1. The molecule has 1 aromatic heterocycles. The van der Waals surface area contributed by atoms with Crippen molar-refractivity contribution in [3.05, 3.63) is 35.2 Å². The van der Waals surface area contributed by atoms with Crippen LogP contribution in [0.3, 0.4) is 0 Å². The van der Waals surface area contributed by atoms with Crippen LogP contribution in [0.2, 0.25) is 5.02 Å². The minimum atomic E-state index is -0.456. The summed E-state index contributed by atoms with van der Waals surface area (Å²) in [5, 5.41) is 3.33. The van der Waals surface area contributed by atoms with Gasteiger partial charge in [0.25, 0.3) is 0 Å². The van der Waals surface area contributed by atoms with Crippen molar-refractivity contribution in [2.75, 3.05) is 25.1 Å². The van der Waals surface area contributed by atoms with Gasteiger partial charge in [-0.05, 0) is 18.9 Å². The molecule has 0 bridgehead atoms. The molecular weight excluding hydrogens is 323 g/mol. The summed E-state index contributed by atoms with van der Waals surface area (Å²) in [6.45, 7) is 1.04. The van der Waals surface area contributed by atoms with E-state index in [1.54, 1.807) is 12.1 Å². The molecule has 1 N–H and O–H groups in total. The van der Waals surface area contributed by atoms with Crippen LogP contribution < -0.4 is 5.32 Å². The van der Waals surface area contributed by atoms with Crippen molar-refractivity contribution in [1.82, 2.24) is 4.98 Å². The first-order valence-electron chi connectivity index (χ1n) is 7.37. The number of benzene rings is 1. The fraction of sp³-hybridized carbons (Fsp3) is 0.375. The Morgan fingerprint density at radius 1 is 1.52 bits per heavy atom. The number of ether oxygens (including phenoxy) is 2. The van der Waals surface area contributed by atoms with Gasteiger partial charge in [-0.2, -0.15) is 0 Å². The third-order valence-corrected chi connectivity index (χ3v) is 4.02. The highest BCUT2D eigenvalue weighted by atomic mass is 35.5. The number of anilines is 1. The Kier molecular flexibility index (Phi) is 5.05. The summed E-state index contributed by atoms with van der Waals surface area (Å²) in [6.07, 6.45) is 3.38. The SMILES string of the molecule is O=C(COCC1CCCO1)Nc1cnc2c(F)cccc2c1Cl. The number of pyridine rings is 1. The number of aromatic nitrogens is 1. The van der Waals surface area contributed by atoms with Gasteiger partial charge in [0, 0.05) is 12.0 Å². The first-order chi connectivity index (χ1) is 11.1. The lowest BCUT2D eigenvalue weighted by Gasteiger charge is -2.11. The van der Waals surface area contributed by atoms with E-state index < -0.39 is 5.82 Å². The lowest BCUT2D eigenvalue weighted by molar-refractivity contribution is -0.121. The van der Waals surface area contributed by atoms with Crippen LogP contribution in [-0.4, -0.2) is 36.8 Å². The van der Waals surface area contributed by atoms with E-state index in [0.29, 0.717) is 17.7 Å². The largest absolute Gasteiger partial charge is 0.376 e. The van der Waals surface area contributed by atoms with E-state index >= 15 is 0 Å². The van der Waals surface area contributed by atoms with Gasteiger partial charge in [0.1, 0.15) is 17.9 Å². The Labute approximate surface area is 137 Å². The van der Waals surface area contributed by atoms with Crippen molar-refractivity contribution >= 4 is 34.1 Å². The lowest BCUT2D eigenvalue weighted by atomic mass is 10.2. The quantitative estimate of drug-likeness (QED) is 0.909. The summed E-state index contributed by atoms with van der Waals surface area (Å²) in [6, 6.07) is 4.50. The fourth-order valence-electron chi connectivity index (χ4n) is 2.49.